The number of aryl methyl sites for hydroxylation is 2. The zero-order valence-corrected chi connectivity index (χ0v) is 17.6. The first-order valence-electron chi connectivity index (χ1n) is 9.19. The van der Waals surface area contributed by atoms with Gasteiger partial charge in [-0.3, -0.25) is 9.19 Å². The van der Waals surface area contributed by atoms with Crippen LogP contribution in [-0.2, 0) is 10.8 Å². The number of hydrogen-bond acceptors (Lipinski definition) is 2. The second kappa shape index (κ2) is 12.3. The molecule has 0 amide bonds. The summed E-state index contributed by atoms with van der Waals surface area (Å²) in [5, 5.41) is 0.909. The van der Waals surface area contributed by atoms with Crippen LogP contribution >= 0.6 is 23.2 Å². The lowest BCUT2D eigenvalue weighted by Gasteiger charge is -2.11. The topological polar surface area (TPSA) is 30.0 Å². The van der Waals surface area contributed by atoms with Crippen LogP contribution in [0.1, 0.15) is 82.5 Å². The zero-order chi connectivity index (χ0) is 17.9. The summed E-state index contributed by atoms with van der Waals surface area (Å²) in [6.45, 7) is 5.90. The summed E-state index contributed by atoms with van der Waals surface area (Å²) in [5.74, 6) is 0.624. The van der Waals surface area contributed by atoms with E-state index in [9.17, 15) is 4.21 Å². The maximum Gasteiger partial charge on any atom is 0.0797 e. The van der Waals surface area contributed by atoms with Crippen molar-refractivity contribution in [3.05, 3.63) is 21.4 Å². The molecule has 138 valence electrons. The van der Waals surface area contributed by atoms with Crippen LogP contribution in [-0.4, -0.2) is 14.9 Å². The molecule has 0 radical (unpaired) electrons. The molecule has 1 atom stereocenters. The minimum absolute atomic E-state index is 0.455. The third kappa shape index (κ3) is 7.41. The summed E-state index contributed by atoms with van der Waals surface area (Å²) < 4.78 is 12.5. The average Bonchev–Trinajstić information content (AvgIpc) is 2.55. The Morgan fingerprint density at radius 3 is 1.67 bits per heavy atom. The van der Waals surface area contributed by atoms with E-state index in [2.05, 4.69) is 11.9 Å². The molecule has 5 heteroatoms. The van der Waals surface area contributed by atoms with Gasteiger partial charge in [0.15, 0.2) is 0 Å². The minimum Gasteiger partial charge on any atom is -0.255 e. The van der Waals surface area contributed by atoms with Crippen LogP contribution in [0.5, 0.6) is 0 Å². The van der Waals surface area contributed by atoms with Crippen LogP contribution < -0.4 is 0 Å². The molecule has 2 nitrogen and oxygen atoms in total. The van der Waals surface area contributed by atoms with Gasteiger partial charge in [-0.15, -0.1) is 0 Å². The molecule has 0 aromatic carbocycles. The Hall–Kier alpha value is -0.120. The predicted molar refractivity (Wildman–Crippen MR) is 107 cm³/mol. The highest BCUT2D eigenvalue weighted by molar-refractivity contribution is 7.85. The predicted octanol–water partition coefficient (Wildman–Crippen LogP) is 7.03. The van der Waals surface area contributed by atoms with Crippen molar-refractivity contribution >= 4 is 34.0 Å². The highest BCUT2D eigenvalue weighted by atomic mass is 35.5. The molecule has 24 heavy (non-hydrogen) atoms. The number of unbranched alkanes of at least 4 members (excludes halogenated alkanes) is 9. The van der Waals surface area contributed by atoms with E-state index >= 15 is 0 Å². The SMILES string of the molecule is CCCCCCCCCCCCS(=O)c1c(Cl)c(C)nc(C)c1Cl. The Balaban J connectivity index is 2.26. The average molecular weight is 392 g/mol. The normalized spacial score (nSPS) is 12.5. The summed E-state index contributed by atoms with van der Waals surface area (Å²) in [6, 6.07) is 0. The Bertz CT molecular complexity index is 508. The van der Waals surface area contributed by atoms with Gasteiger partial charge in [0.25, 0.3) is 0 Å². The molecule has 1 aromatic rings. The van der Waals surface area contributed by atoms with Crippen molar-refractivity contribution in [1.82, 2.24) is 4.98 Å². The third-order valence-corrected chi connectivity index (χ3v) is 6.95. The Kier molecular flexibility index (Phi) is 11.2. The fourth-order valence-corrected chi connectivity index (χ4v) is 5.00. The molecule has 1 rings (SSSR count). The van der Waals surface area contributed by atoms with Gasteiger partial charge in [0, 0.05) is 5.75 Å². The molecule has 1 aromatic heterocycles. The summed E-state index contributed by atoms with van der Waals surface area (Å²) in [4.78, 5) is 4.84. The Morgan fingerprint density at radius 2 is 1.21 bits per heavy atom. The van der Waals surface area contributed by atoms with Gasteiger partial charge in [-0.2, -0.15) is 0 Å². The first-order chi connectivity index (χ1) is 11.5. The highest BCUT2D eigenvalue weighted by Gasteiger charge is 2.18. The second-order valence-electron chi connectivity index (χ2n) is 6.47. The molecule has 0 fully saturated rings. The monoisotopic (exact) mass is 391 g/mol. The number of nitrogens with zero attached hydrogens (tertiary/aromatic N) is 1. The molecule has 1 heterocycles. The van der Waals surface area contributed by atoms with E-state index in [4.69, 9.17) is 23.2 Å². The van der Waals surface area contributed by atoms with Crippen molar-refractivity contribution in [2.45, 2.75) is 89.9 Å². The van der Waals surface area contributed by atoms with Crippen molar-refractivity contribution in [2.24, 2.45) is 0 Å². The van der Waals surface area contributed by atoms with Gasteiger partial charge in [-0.05, 0) is 20.3 Å². The largest absolute Gasteiger partial charge is 0.255 e. The summed E-state index contributed by atoms with van der Waals surface area (Å²) in [6.07, 6.45) is 12.7. The van der Waals surface area contributed by atoms with Crippen molar-refractivity contribution in [1.29, 1.82) is 0 Å². The van der Waals surface area contributed by atoms with E-state index in [1.54, 1.807) is 0 Å². The van der Waals surface area contributed by atoms with E-state index in [0.29, 0.717) is 32.1 Å². The quantitative estimate of drug-likeness (QED) is 0.357. The second-order valence-corrected chi connectivity index (χ2v) is 8.73. The van der Waals surface area contributed by atoms with Crippen LogP contribution in [0, 0.1) is 13.8 Å². The van der Waals surface area contributed by atoms with E-state index in [-0.39, 0.29) is 0 Å². The van der Waals surface area contributed by atoms with Crippen LogP contribution in [0.3, 0.4) is 0 Å². The van der Waals surface area contributed by atoms with Gasteiger partial charge in [0.2, 0.25) is 0 Å². The van der Waals surface area contributed by atoms with Crippen LogP contribution in [0.15, 0.2) is 4.90 Å². The lowest BCUT2D eigenvalue weighted by Crippen LogP contribution is -2.04. The van der Waals surface area contributed by atoms with E-state index in [1.165, 1.54) is 51.4 Å². The van der Waals surface area contributed by atoms with Gasteiger partial charge in [-0.25, -0.2) is 0 Å². The number of rotatable bonds is 12. The number of pyridine rings is 1. The fraction of sp³-hybridized carbons (Fsp3) is 0.737. The summed E-state index contributed by atoms with van der Waals surface area (Å²) in [5.41, 5.74) is 1.40. The van der Waals surface area contributed by atoms with Gasteiger partial charge in [-0.1, -0.05) is 87.9 Å². The van der Waals surface area contributed by atoms with Crippen LogP contribution in [0.2, 0.25) is 10.0 Å². The van der Waals surface area contributed by atoms with Gasteiger partial charge < -0.3 is 0 Å². The fourth-order valence-electron chi connectivity index (χ4n) is 2.80. The first-order valence-corrected chi connectivity index (χ1v) is 11.3. The molecule has 0 spiro atoms. The summed E-state index contributed by atoms with van der Waals surface area (Å²) in [7, 11) is -1.14. The molecule has 0 aliphatic carbocycles. The van der Waals surface area contributed by atoms with Gasteiger partial charge >= 0.3 is 0 Å². The lowest BCUT2D eigenvalue weighted by molar-refractivity contribution is 0.562. The molecule has 0 aliphatic rings. The number of halogens is 2. The lowest BCUT2D eigenvalue weighted by atomic mass is 10.1. The molecule has 1 unspecified atom stereocenters. The number of hydrogen-bond donors (Lipinski definition) is 0. The zero-order valence-electron chi connectivity index (χ0n) is 15.3. The maximum atomic E-state index is 12.5. The van der Waals surface area contributed by atoms with E-state index in [0.717, 1.165) is 12.8 Å². The summed E-state index contributed by atoms with van der Waals surface area (Å²) >= 11 is 12.5. The maximum absolute atomic E-state index is 12.5. The molecular formula is C19H31Cl2NOS. The molecule has 0 saturated heterocycles. The Morgan fingerprint density at radius 1 is 0.792 bits per heavy atom. The molecule has 0 bridgehead atoms. The smallest absolute Gasteiger partial charge is 0.0797 e. The van der Waals surface area contributed by atoms with E-state index < -0.39 is 10.8 Å². The Labute approximate surface area is 160 Å². The molecular weight excluding hydrogens is 361 g/mol. The van der Waals surface area contributed by atoms with Crippen LogP contribution in [0.25, 0.3) is 0 Å². The van der Waals surface area contributed by atoms with Crippen molar-refractivity contribution in [3.8, 4) is 0 Å². The van der Waals surface area contributed by atoms with E-state index in [1.807, 2.05) is 13.8 Å². The molecule has 0 aliphatic heterocycles. The highest BCUT2D eigenvalue weighted by Crippen LogP contribution is 2.32. The minimum atomic E-state index is -1.14. The molecule has 0 N–H and O–H groups in total. The van der Waals surface area contributed by atoms with Crippen molar-refractivity contribution in [3.63, 3.8) is 0 Å². The first kappa shape index (κ1) is 21.9. The van der Waals surface area contributed by atoms with Crippen molar-refractivity contribution < 1.29 is 4.21 Å². The van der Waals surface area contributed by atoms with Gasteiger partial charge in [0.05, 0.1) is 37.1 Å². The van der Waals surface area contributed by atoms with Gasteiger partial charge in [0.1, 0.15) is 0 Å². The number of aromatic nitrogens is 1. The van der Waals surface area contributed by atoms with Crippen molar-refractivity contribution in [2.75, 3.05) is 5.75 Å². The van der Waals surface area contributed by atoms with Crippen LogP contribution in [0.4, 0.5) is 0 Å². The standard InChI is InChI=1S/C19H31Cl2NOS/c1-4-5-6-7-8-9-10-11-12-13-14-24(23)19-17(20)15(2)22-16(3)18(19)21/h4-14H2,1-3H3. The third-order valence-electron chi connectivity index (χ3n) is 4.28. The molecule has 0 saturated carbocycles.